The number of rotatable bonds is 7. The Hall–Kier alpha value is -0.610. The van der Waals surface area contributed by atoms with Crippen molar-refractivity contribution >= 4 is 5.71 Å². The minimum atomic E-state index is -0.307. The molecule has 0 aliphatic heterocycles. The van der Waals surface area contributed by atoms with Crippen LogP contribution in [0.1, 0.15) is 27.7 Å². The van der Waals surface area contributed by atoms with E-state index in [4.69, 9.17) is 14.3 Å². The maximum absolute atomic E-state index is 5.25. The van der Waals surface area contributed by atoms with Crippen LogP contribution in [0.15, 0.2) is 5.16 Å². The fraction of sp³-hybridized carbons (Fsp3) is 0.889. The summed E-state index contributed by atoms with van der Waals surface area (Å²) in [7, 11) is 0. The van der Waals surface area contributed by atoms with Crippen molar-refractivity contribution < 1.29 is 14.3 Å². The summed E-state index contributed by atoms with van der Waals surface area (Å²) in [5, 5.41) is 3.79. The van der Waals surface area contributed by atoms with Gasteiger partial charge in [0, 0.05) is 13.2 Å². The molecule has 0 rings (SSSR count). The molecule has 0 radical (unpaired) electrons. The second kappa shape index (κ2) is 8.01. The molecular weight excluding hydrogens is 170 g/mol. The lowest BCUT2D eigenvalue weighted by Gasteiger charge is -2.14. The van der Waals surface area contributed by atoms with E-state index in [9.17, 15) is 0 Å². The molecule has 0 aliphatic carbocycles. The molecule has 0 aromatic heterocycles. The van der Waals surface area contributed by atoms with Crippen molar-refractivity contribution in [1.29, 1.82) is 0 Å². The van der Waals surface area contributed by atoms with Gasteiger partial charge < -0.3 is 14.3 Å². The van der Waals surface area contributed by atoms with E-state index in [1.54, 1.807) is 0 Å². The third-order valence-corrected chi connectivity index (χ3v) is 1.16. The third-order valence-electron chi connectivity index (χ3n) is 1.16. The minimum Gasteiger partial charge on any atom is -0.390 e. The Balaban J connectivity index is 3.61. The highest BCUT2D eigenvalue weighted by Gasteiger charge is 2.07. The summed E-state index contributed by atoms with van der Waals surface area (Å²) >= 11 is 0. The zero-order chi connectivity index (χ0) is 10.1. The molecule has 0 unspecified atom stereocenters. The number of hydrogen-bond donors (Lipinski definition) is 0. The Labute approximate surface area is 79.8 Å². The molecule has 0 heterocycles. The van der Waals surface area contributed by atoms with Gasteiger partial charge in [-0.25, -0.2) is 0 Å². The second-order valence-corrected chi connectivity index (χ2v) is 2.67. The first kappa shape index (κ1) is 12.4. The molecule has 0 N–H and O–H groups in total. The smallest absolute Gasteiger partial charge is 0.194 e. The van der Waals surface area contributed by atoms with E-state index in [0.717, 1.165) is 5.71 Å². The summed E-state index contributed by atoms with van der Waals surface area (Å²) in [5.41, 5.74) is 0.881. The van der Waals surface area contributed by atoms with Gasteiger partial charge in [0.15, 0.2) is 12.9 Å². The van der Waals surface area contributed by atoms with Crippen LogP contribution in [0.2, 0.25) is 0 Å². The second-order valence-electron chi connectivity index (χ2n) is 2.67. The number of nitrogens with zero attached hydrogens (tertiary/aromatic N) is 1. The van der Waals surface area contributed by atoms with E-state index in [-0.39, 0.29) is 6.29 Å². The molecule has 0 atom stereocenters. The van der Waals surface area contributed by atoms with Crippen LogP contribution in [0.3, 0.4) is 0 Å². The molecule has 0 fully saturated rings. The maximum atomic E-state index is 5.25. The largest absolute Gasteiger partial charge is 0.390 e. The molecule has 4 nitrogen and oxygen atoms in total. The summed E-state index contributed by atoms with van der Waals surface area (Å²) < 4.78 is 10.5. The monoisotopic (exact) mass is 189 g/mol. The summed E-state index contributed by atoms with van der Waals surface area (Å²) in [4.78, 5) is 5.00. The molecule has 0 bridgehead atoms. The standard InChI is InChI=1S/C9H19NO3/c1-5-11-9(12-6-2)7-13-10-8(3)4/h9H,5-7H2,1-4H3. The molecule has 13 heavy (non-hydrogen) atoms. The lowest BCUT2D eigenvalue weighted by Crippen LogP contribution is -2.22. The Morgan fingerprint density at radius 1 is 1.15 bits per heavy atom. The van der Waals surface area contributed by atoms with Crippen molar-refractivity contribution in [2.24, 2.45) is 5.16 Å². The highest BCUT2D eigenvalue weighted by atomic mass is 16.7. The minimum absolute atomic E-state index is 0.307. The summed E-state index contributed by atoms with van der Waals surface area (Å²) in [6.45, 7) is 9.14. The van der Waals surface area contributed by atoms with Crippen molar-refractivity contribution in [3.8, 4) is 0 Å². The van der Waals surface area contributed by atoms with E-state index in [1.165, 1.54) is 0 Å². The van der Waals surface area contributed by atoms with Gasteiger partial charge in [0.05, 0.1) is 5.71 Å². The zero-order valence-corrected chi connectivity index (χ0v) is 8.87. The van der Waals surface area contributed by atoms with Crippen molar-refractivity contribution in [1.82, 2.24) is 0 Å². The van der Waals surface area contributed by atoms with E-state index in [1.807, 2.05) is 27.7 Å². The van der Waals surface area contributed by atoms with Gasteiger partial charge in [-0.05, 0) is 27.7 Å². The Bertz CT molecular complexity index is 138. The highest BCUT2D eigenvalue weighted by molar-refractivity contribution is 5.78. The van der Waals surface area contributed by atoms with Gasteiger partial charge in [-0.3, -0.25) is 0 Å². The summed E-state index contributed by atoms with van der Waals surface area (Å²) in [5.74, 6) is 0. The molecule has 0 aromatic carbocycles. The molecule has 0 amide bonds. The van der Waals surface area contributed by atoms with Crippen LogP contribution in [0.25, 0.3) is 0 Å². The Kier molecular flexibility index (Phi) is 7.63. The van der Waals surface area contributed by atoms with Gasteiger partial charge in [-0.1, -0.05) is 5.16 Å². The van der Waals surface area contributed by atoms with Crippen LogP contribution in [0.5, 0.6) is 0 Å². The van der Waals surface area contributed by atoms with E-state index >= 15 is 0 Å². The van der Waals surface area contributed by atoms with Crippen molar-refractivity contribution in [2.75, 3.05) is 19.8 Å². The number of ether oxygens (including phenoxy) is 2. The topological polar surface area (TPSA) is 40.0 Å². The predicted octanol–water partition coefficient (Wildman–Crippen LogP) is 1.80. The average molecular weight is 189 g/mol. The van der Waals surface area contributed by atoms with Crippen LogP contribution >= 0.6 is 0 Å². The number of oxime groups is 1. The number of hydrogen-bond acceptors (Lipinski definition) is 4. The molecule has 4 heteroatoms. The molecule has 0 saturated heterocycles. The first-order valence-corrected chi connectivity index (χ1v) is 4.57. The highest BCUT2D eigenvalue weighted by Crippen LogP contribution is 1.96. The molecule has 0 aliphatic rings. The van der Waals surface area contributed by atoms with Gasteiger partial charge in [0.1, 0.15) is 0 Å². The first-order valence-electron chi connectivity index (χ1n) is 4.57. The Morgan fingerprint density at radius 3 is 2.08 bits per heavy atom. The van der Waals surface area contributed by atoms with Gasteiger partial charge in [-0.2, -0.15) is 0 Å². The summed E-state index contributed by atoms with van der Waals surface area (Å²) in [6, 6.07) is 0. The van der Waals surface area contributed by atoms with Crippen molar-refractivity contribution in [3.05, 3.63) is 0 Å². The van der Waals surface area contributed by atoms with Gasteiger partial charge in [0.2, 0.25) is 0 Å². The van der Waals surface area contributed by atoms with Gasteiger partial charge in [0.25, 0.3) is 0 Å². The SMILES string of the molecule is CCOC(CON=C(C)C)OCC. The molecule has 0 spiro atoms. The quantitative estimate of drug-likeness (QED) is 0.348. The van der Waals surface area contributed by atoms with Crippen LogP contribution in [-0.2, 0) is 14.3 Å². The van der Waals surface area contributed by atoms with E-state index in [0.29, 0.717) is 19.8 Å². The van der Waals surface area contributed by atoms with Crippen LogP contribution in [-0.4, -0.2) is 31.8 Å². The van der Waals surface area contributed by atoms with E-state index in [2.05, 4.69) is 5.16 Å². The fourth-order valence-corrected chi connectivity index (χ4v) is 0.743. The maximum Gasteiger partial charge on any atom is 0.194 e. The van der Waals surface area contributed by atoms with Crippen molar-refractivity contribution in [2.45, 2.75) is 34.0 Å². The van der Waals surface area contributed by atoms with Crippen LogP contribution in [0.4, 0.5) is 0 Å². The van der Waals surface area contributed by atoms with Gasteiger partial charge >= 0.3 is 0 Å². The first-order chi connectivity index (χ1) is 6.20. The Morgan fingerprint density at radius 2 is 1.69 bits per heavy atom. The predicted molar refractivity (Wildman–Crippen MR) is 51.8 cm³/mol. The average Bonchev–Trinajstić information content (AvgIpc) is 2.04. The van der Waals surface area contributed by atoms with Crippen LogP contribution in [0, 0.1) is 0 Å². The molecule has 78 valence electrons. The van der Waals surface area contributed by atoms with Crippen molar-refractivity contribution in [3.63, 3.8) is 0 Å². The lowest BCUT2D eigenvalue weighted by molar-refractivity contribution is -0.167. The van der Waals surface area contributed by atoms with Gasteiger partial charge in [-0.15, -0.1) is 0 Å². The zero-order valence-electron chi connectivity index (χ0n) is 8.87. The molecular formula is C9H19NO3. The molecule has 0 saturated carbocycles. The normalized spacial score (nSPS) is 10.2. The molecule has 0 aromatic rings. The third kappa shape index (κ3) is 7.74. The lowest BCUT2D eigenvalue weighted by atomic mass is 10.5. The summed E-state index contributed by atoms with van der Waals surface area (Å²) in [6.07, 6.45) is -0.307. The fourth-order valence-electron chi connectivity index (χ4n) is 0.743. The van der Waals surface area contributed by atoms with E-state index < -0.39 is 0 Å². The van der Waals surface area contributed by atoms with Crippen LogP contribution < -0.4 is 0 Å².